The Hall–Kier alpha value is -4.13. The van der Waals surface area contributed by atoms with E-state index in [1.54, 1.807) is 36.4 Å². The van der Waals surface area contributed by atoms with Crippen LogP contribution in [-0.2, 0) is 9.53 Å². The van der Waals surface area contributed by atoms with Crippen molar-refractivity contribution in [1.82, 2.24) is 0 Å². The van der Waals surface area contributed by atoms with Crippen molar-refractivity contribution in [2.45, 2.75) is 0 Å². The number of carbonyl (C=O) groups is 3. The average Bonchev–Trinajstić information content (AvgIpc) is 2.78. The fourth-order valence-corrected chi connectivity index (χ4v) is 2.84. The van der Waals surface area contributed by atoms with Gasteiger partial charge in [-0.25, -0.2) is 4.79 Å². The number of ether oxygens (including phenoxy) is 3. The molecule has 0 spiro atoms. The van der Waals surface area contributed by atoms with Crippen LogP contribution in [0.3, 0.4) is 0 Å². The highest BCUT2D eigenvalue weighted by molar-refractivity contribution is 6.02. The van der Waals surface area contributed by atoms with Crippen LogP contribution >= 0.6 is 0 Å². The Morgan fingerprint density at radius 2 is 1.60 bits per heavy atom. The number of carbonyl (C=O) groups excluding carboxylic acids is 3. The van der Waals surface area contributed by atoms with Gasteiger partial charge in [-0.05, 0) is 54.6 Å². The Morgan fingerprint density at radius 1 is 0.900 bits per heavy atom. The van der Waals surface area contributed by atoms with Crippen LogP contribution in [0.15, 0.2) is 72.8 Å². The van der Waals surface area contributed by atoms with Gasteiger partial charge in [0, 0.05) is 5.56 Å². The molecule has 1 heterocycles. The van der Waals surface area contributed by atoms with Gasteiger partial charge in [0.2, 0.25) is 0 Å². The third-order valence-corrected chi connectivity index (χ3v) is 4.34. The molecule has 30 heavy (non-hydrogen) atoms. The molecule has 7 heteroatoms. The van der Waals surface area contributed by atoms with Crippen molar-refractivity contribution in [1.29, 1.82) is 0 Å². The Bertz CT molecular complexity index is 1090. The van der Waals surface area contributed by atoms with E-state index < -0.39 is 18.4 Å². The molecule has 1 N–H and O–H groups in total. The zero-order chi connectivity index (χ0) is 20.9. The zero-order valence-corrected chi connectivity index (χ0v) is 15.8. The number of rotatable bonds is 6. The number of esters is 1. The Kier molecular flexibility index (Phi) is 5.43. The minimum Gasteiger partial charge on any atom is -0.482 e. The maximum Gasteiger partial charge on any atom is 0.338 e. The lowest BCUT2D eigenvalue weighted by Gasteiger charge is -2.18. The summed E-state index contributed by atoms with van der Waals surface area (Å²) >= 11 is 0. The molecule has 1 aliphatic rings. The highest BCUT2D eigenvalue weighted by atomic mass is 16.5. The summed E-state index contributed by atoms with van der Waals surface area (Å²) in [6, 6.07) is 20.3. The quantitative estimate of drug-likeness (QED) is 0.497. The maximum absolute atomic E-state index is 12.4. The average molecular weight is 403 g/mol. The molecule has 150 valence electrons. The van der Waals surface area contributed by atoms with Crippen LogP contribution in [-0.4, -0.2) is 30.9 Å². The molecule has 0 atom stereocenters. The third-order valence-electron chi connectivity index (χ3n) is 4.34. The van der Waals surface area contributed by atoms with E-state index in [2.05, 4.69) is 5.32 Å². The van der Waals surface area contributed by atoms with Crippen LogP contribution < -0.4 is 14.8 Å². The van der Waals surface area contributed by atoms with Gasteiger partial charge in [0.15, 0.2) is 19.0 Å². The van der Waals surface area contributed by atoms with E-state index in [9.17, 15) is 14.4 Å². The molecular weight excluding hydrogens is 386 g/mol. The summed E-state index contributed by atoms with van der Waals surface area (Å²) in [5.41, 5.74) is 1.02. The molecule has 0 fully saturated rings. The third kappa shape index (κ3) is 4.47. The van der Waals surface area contributed by atoms with Crippen molar-refractivity contribution in [3.63, 3.8) is 0 Å². The molecule has 0 aliphatic carbocycles. The van der Waals surface area contributed by atoms with Crippen LogP contribution in [0.4, 0.5) is 5.69 Å². The monoisotopic (exact) mass is 403 g/mol. The van der Waals surface area contributed by atoms with Gasteiger partial charge in [-0.3, -0.25) is 9.59 Å². The molecular formula is C23H17NO6. The highest BCUT2D eigenvalue weighted by Gasteiger charge is 2.19. The number of nitrogens with one attached hydrogen (secondary N) is 1. The van der Waals surface area contributed by atoms with Gasteiger partial charge >= 0.3 is 5.97 Å². The van der Waals surface area contributed by atoms with Crippen LogP contribution in [0.5, 0.6) is 17.2 Å². The number of benzene rings is 3. The highest BCUT2D eigenvalue weighted by Crippen LogP contribution is 2.28. The van der Waals surface area contributed by atoms with E-state index in [-0.39, 0.29) is 12.5 Å². The van der Waals surface area contributed by atoms with E-state index in [4.69, 9.17) is 14.2 Å². The topological polar surface area (TPSA) is 90.9 Å². The summed E-state index contributed by atoms with van der Waals surface area (Å²) in [6.45, 7) is -0.484. The zero-order valence-electron chi connectivity index (χ0n) is 15.8. The summed E-state index contributed by atoms with van der Waals surface area (Å²) in [7, 11) is 0. The smallest absolute Gasteiger partial charge is 0.338 e. The number of hydrogen-bond donors (Lipinski definition) is 1. The second-order valence-corrected chi connectivity index (χ2v) is 6.49. The molecule has 3 aromatic rings. The first-order chi connectivity index (χ1) is 14.6. The number of fused-ring (bicyclic) bond motifs is 1. The van der Waals surface area contributed by atoms with Gasteiger partial charge in [-0.1, -0.05) is 18.2 Å². The molecule has 0 radical (unpaired) electrons. The number of ketones is 1. The first-order valence-corrected chi connectivity index (χ1v) is 9.18. The van der Waals surface area contributed by atoms with Gasteiger partial charge in [0.25, 0.3) is 5.91 Å². The van der Waals surface area contributed by atoms with E-state index in [1.165, 1.54) is 6.07 Å². The van der Waals surface area contributed by atoms with Crippen LogP contribution in [0.25, 0.3) is 0 Å². The summed E-state index contributed by atoms with van der Waals surface area (Å²) in [5, 5.41) is 2.63. The van der Waals surface area contributed by atoms with Gasteiger partial charge in [0.05, 0.1) is 11.3 Å². The molecule has 1 aliphatic heterocycles. The summed E-state index contributed by atoms with van der Waals surface area (Å²) < 4.78 is 16.1. The fraction of sp³-hybridized carbons (Fsp3) is 0.0870. The minimum absolute atomic E-state index is 0.0624. The van der Waals surface area contributed by atoms with Crippen molar-refractivity contribution < 1.29 is 28.6 Å². The lowest BCUT2D eigenvalue weighted by atomic mass is 10.1. The molecule has 4 rings (SSSR count). The number of Topliss-reactive ketones (excluding diaryl/α,β-unsaturated/α-hetero) is 1. The maximum atomic E-state index is 12.4. The lowest BCUT2D eigenvalue weighted by Crippen LogP contribution is -2.25. The van der Waals surface area contributed by atoms with Crippen LogP contribution in [0.1, 0.15) is 20.7 Å². The fourth-order valence-electron chi connectivity index (χ4n) is 2.84. The van der Waals surface area contributed by atoms with E-state index in [0.717, 1.165) is 0 Å². The molecule has 0 bridgehead atoms. The number of anilines is 1. The van der Waals surface area contributed by atoms with Crippen LogP contribution in [0.2, 0.25) is 0 Å². The van der Waals surface area contributed by atoms with Crippen molar-refractivity contribution >= 4 is 23.3 Å². The van der Waals surface area contributed by atoms with Gasteiger partial charge in [-0.2, -0.15) is 0 Å². The summed E-state index contributed by atoms with van der Waals surface area (Å²) in [6.07, 6.45) is 0. The normalized spacial score (nSPS) is 12.2. The lowest BCUT2D eigenvalue weighted by molar-refractivity contribution is -0.118. The largest absolute Gasteiger partial charge is 0.482 e. The Balaban J connectivity index is 1.34. The SMILES string of the molecule is O=C1COc2ccc(C(=O)COC(=O)c3ccc(Oc4ccccc4)cc3)cc2N1. The van der Waals surface area contributed by atoms with Crippen molar-refractivity contribution in [2.24, 2.45) is 0 Å². The van der Waals surface area contributed by atoms with Crippen molar-refractivity contribution in [3.05, 3.63) is 83.9 Å². The molecule has 0 saturated heterocycles. The van der Waals surface area contributed by atoms with Crippen molar-refractivity contribution in [2.75, 3.05) is 18.5 Å². The number of para-hydroxylation sites is 1. The molecule has 7 nitrogen and oxygen atoms in total. The predicted molar refractivity (Wildman–Crippen MR) is 108 cm³/mol. The van der Waals surface area contributed by atoms with E-state index >= 15 is 0 Å². The van der Waals surface area contributed by atoms with E-state index in [1.807, 2.05) is 30.3 Å². The molecule has 1 amide bonds. The molecule has 3 aromatic carbocycles. The second-order valence-electron chi connectivity index (χ2n) is 6.49. The molecule has 0 aromatic heterocycles. The summed E-state index contributed by atoms with van der Waals surface area (Å²) in [5.74, 6) is 0.440. The Labute approximate surface area is 172 Å². The second kappa shape index (κ2) is 8.48. The standard InChI is InChI=1S/C23H17NO6/c25-20(16-8-11-21-19(12-16)24-22(26)14-28-21)13-29-23(27)15-6-9-18(10-7-15)30-17-4-2-1-3-5-17/h1-12H,13-14H2,(H,24,26). The Morgan fingerprint density at radius 3 is 2.37 bits per heavy atom. The first kappa shape index (κ1) is 19.2. The van der Waals surface area contributed by atoms with Gasteiger partial charge in [0.1, 0.15) is 17.2 Å². The predicted octanol–water partition coefficient (Wildman–Crippen LogP) is 3.85. The van der Waals surface area contributed by atoms with Gasteiger partial charge in [-0.15, -0.1) is 0 Å². The molecule has 0 saturated carbocycles. The number of amides is 1. The number of hydrogen-bond acceptors (Lipinski definition) is 6. The van der Waals surface area contributed by atoms with Crippen LogP contribution in [0, 0.1) is 0 Å². The van der Waals surface area contributed by atoms with Crippen molar-refractivity contribution in [3.8, 4) is 17.2 Å². The summed E-state index contributed by atoms with van der Waals surface area (Å²) in [4.78, 5) is 36.0. The minimum atomic E-state index is -0.621. The molecule has 0 unspecified atom stereocenters. The van der Waals surface area contributed by atoms with E-state index in [0.29, 0.717) is 34.1 Å². The first-order valence-electron chi connectivity index (χ1n) is 9.18. The van der Waals surface area contributed by atoms with Gasteiger partial charge < -0.3 is 19.5 Å².